The van der Waals surface area contributed by atoms with Crippen LogP contribution in [0.5, 0.6) is 5.88 Å². The summed E-state index contributed by atoms with van der Waals surface area (Å²) in [5, 5.41) is 11.5. The summed E-state index contributed by atoms with van der Waals surface area (Å²) in [7, 11) is 0. The second-order valence-electron chi connectivity index (χ2n) is 5.63. The van der Waals surface area contributed by atoms with Gasteiger partial charge in [0.2, 0.25) is 5.82 Å². The van der Waals surface area contributed by atoms with Crippen LogP contribution in [0.1, 0.15) is 32.1 Å². The first-order valence-corrected chi connectivity index (χ1v) is 7.97. The molecular weight excluding hydrogens is 310 g/mol. The predicted octanol–water partition coefficient (Wildman–Crippen LogP) is 3.54. The zero-order valence-corrected chi connectivity index (χ0v) is 13.1. The van der Waals surface area contributed by atoms with Gasteiger partial charge in [-0.1, -0.05) is 24.6 Å². The Hall–Kier alpha value is -2.90. The molecule has 8 heteroatoms. The van der Waals surface area contributed by atoms with Crippen LogP contribution in [0.15, 0.2) is 36.7 Å². The number of hydrazine groups is 1. The molecule has 1 saturated carbocycles. The smallest absolute Gasteiger partial charge is 0.374 e. The number of benzene rings is 1. The van der Waals surface area contributed by atoms with Gasteiger partial charge in [-0.2, -0.15) is 4.98 Å². The minimum absolute atomic E-state index is 0.0132. The fourth-order valence-corrected chi connectivity index (χ4v) is 2.70. The highest BCUT2D eigenvalue weighted by Crippen LogP contribution is 2.33. The summed E-state index contributed by atoms with van der Waals surface area (Å²) in [6.45, 7) is 0. The van der Waals surface area contributed by atoms with Crippen molar-refractivity contribution in [3.05, 3.63) is 46.8 Å². The summed E-state index contributed by atoms with van der Waals surface area (Å²) < 4.78 is 5.78. The lowest BCUT2D eigenvalue weighted by atomic mass is 9.98. The van der Waals surface area contributed by atoms with Crippen molar-refractivity contribution in [2.24, 2.45) is 0 Å². The zero-order chi connectivity index (χ0) is 16.8. The van der Waals surface area contributed by atoms with Crippen LogP contribution < -0.4 is 15.6 Å². The quantitative estimate of drug-likeness (QED) is 0.617. The molecular formula is C16H19N5O3. The maximum atomic E-state index is 11.5. The van der Waals surface area contributed by atoms with E-state index in [1.807, 2.05) is 30.3 Å². The lowest BCUT2D eigenvalue weighted by molar-refractivity contribution is -0.385. The Bertz CT molecular complexity index is 689. The third kappa shape index (κ3) is 3.89. The van der Waals surface area contributed by atoms with E-state index >= 15 is 0 Å². The van der Waals surface area contributed by atoms with Crippen molar-refractivity contribution in [2.45, 2.75) is 38.2 Å². The Morgan fingerprint density at radius 3 is 2.54 bits per heavy atom. The number of nitrogens with zero attached hydrogens (tertiary/aromatic N) is 3. The van der Waals surface area contributed by atoms with Crippen molar-refractivity contribution >= 4 is 17.2 Å². The van der Waals surface area contributed by atoms with Gasteiger partial charge in [-0.3, -0.25) is 21.0 Å². The van der Waals surface area contributed by atoms with Crippen molar-refractivity contribution in [3.8, 4) is 5.88 Å². The zero-order valence-electron chi connectivity index (χ0n) is 13.1. The van der Waals surface area contributed by atoms with Gasteiger partial charge in [-0.15, -0.1) is 0 Å². The van der Waals surface area contributed by atoms with E-state index in [0.29, 0.717) is 0 Å². The summed E-state index contributed by atoms with van der Waals surface area (Å²) in [5.74, 6) is 0.0870. The third-order valence-electron chi connectivity index (χ3n) is 3.90. The molecule has 0 aliphatic heterocycles. The molecule has 1 aromatic carbocycles. The molecule has 1 aliphatic rings. The van der Waals surface area contributed by atoms with Gasteiger partial charge < -0.3 is 4.74 Å². The molecule has 1 heterocycles. The lowest BCUT2D eigenvalue weighted by Gasteiger charge is -2.22. The summed E-state index contributed by atoms with van der Waals surface area (Å²) >= 11 is 0. The molecule has 0 radical (unpaired) electrons. The van der Waals surface area contributed by atoms with Crippen molar-refractivity contribution < 1.29 is 9.66 Å². The fraction of sp³-hybridized carbons (Fsp3) is 0.375. The topological polar surface area (TPSA) is 102 Å². The second-order valence-corrected chi connectivity index (χ2v) is 5.63. The van der Waals surface area contributed by atoms with Crippen LogP contribution in [0.3, 0.4) is 0 Å². The minimum Gasteiger partial charge on any atom is -0.469 e. The normalized spacial score (nSPS) is 14.8. The van der Waals surface area contributed by atoms with Crippen LogP contribution in [-0.2, 0) is 0 Å². The van der Waals surface area contributed by atoms with Gasteiger partial charge in [0.15, 0.2) is 0 Å². The Kier molecular flexibility index (Phi) is 5.05. The van der Waals surface area contributed by atoms with Crippen molar-refractivity contribution in [3.63, 3.8) is 0 Å². The van der Waals surface area contributed by atoms with Crippen LogP contribution in [0.25, 0.3) is 0 Å². The summed E-state index contributed by atoms with van der Waals surface area (Å²) in [6.07, 6.45) is 6.36. The van der Waals surface area contributed by atoms with E-state index in [-0.39, 0.29) is 23.5 Å². The first-order chi connectivity index (χ1) is 11.7. The van der Waals surface area contributed by atoms with Crippen LogP contribution in [0, 0.1) is 10.1 Å². The summed E-state index contributed by atoms with van der Waals surface area (Å²) in [6, 6.07) is 9.26. The van der Waals surface area contributed by atoms with Crippen LogP contribution in [-0.4, -0.2) is 21.0 Å². The van der Waals surface area contributed by atoms with E-state index in [2.05, 4.69) is 20.8 Å². The van der Waals surface area contributed by atoms with Gasteiger partial charge in [0.05, 0.1) is 10.6 Å². The maximum Gasteiger partial charge on any atom is 0.374 e. The average Bonchev–Trinajstić information content (AvgIpc) is 2.61. The molecule has 24 heavy (non-hydrogen) atoms. The van der Waals surface area contributed by atoms with E-state index in [1.165, 1.54) is 12.7 Å². The Balaban J connectivity index is 1.78. The van der Waals surface area contributed by atoms with Crippen molar-refractivity contribution in [1.29, 1.82) is 0 Å². The molecule has 1 aromatic heterocycles. The highest BCUT2D eigenvalue weighted by atomic mass is 16.6. The number of hydrogen-bond acceptors (Lipinski definition) is 7. The molecule has 0 atom stereocenters. The van der Waals surface area contributed by atoms with Gasteiger partial charge in [0, 0.05) is 0 Å². The molecule has 0 saturated heterocycles. The molecule has 0 unspecified atom stereocenters. The number of para-hydroxylation sites is 1. The van der Waals surface area contributed by atoms with E-state index in [0.717, 1.165) is 31.4 Å². The molecule has 2 N–H and O–H groups in total. The van der Waals surface area contributed by atoms with E-state index in [9.17, 15) is 10.1 Å². The standard InChI is InChI=1S/C16H19N5O3/c22-21(23)14-15(20-19-12-7-3-1-4-8-12)17-11-18-16(14)24-13-9-5-2-6-10-13/h1,3-4,7-8,11,13,19H,2,5-6,9-10H2,(H,17,18,20). The minimum atomic E-state index is -0.521. The van der Waals surface area contributed by atoms with Crippen molar-refractivity contribution in [1.82, 2.24) is 9.97 Å². The SMILES string of the molecule is O=[N+]([O-])c1c(NNc2ccccc2)ncnc1OC1CCCCC1. The van der Waals surface area contributed by atoms with Gasteiger partial charge in [-0.25, -0.2) is 4.98 Å². The third-order valence-corrected chi connectivity index (χ3v) is 3.90. The summed E-state index contributed by atoms with van der Waals surface area (Å²) in [4.78, 5) is 18.9. The predicted molar refractivity (Wildman–Crippen MR) is 89.9 cm³/mol. The summed E-state index contributed by atoms with van der Waals surface area (Å²) in [5.41, 5.74) is 6.16. The highest BCUT2D eigenvalue weighted by molar-refractivity contribution is 5.63. The number of ether oxygens (including phenoxy) is 1. The number of aromatic nitrogens is 2. The number of anilines is 2. The van der Waals surface area contributed by atoms with Crippen molar-refractivity contribution in [2.75, 3.05) is 10.9 Å². The Morgan fingerprint density at radius 1 is 1.08 bits per heavy atom. The van der Waals surface area contributed by atoms with Gasteiger partial charge in [-0.05, 0) is 37.8 Å². The monoisotopic (exact) mass is 329 g/mol. The van der Waals surface area contributed by atoms with E-state index < -0.39 is 4.92 Å². The van der Waals surface area contributed by atoms with Gasteiger partial charge in [0.25, 0.3) is 5.88 Å². The molecule has 1 fully saturated rings. The van der Waals surface area contributed by atoms with Gasteiger partial charge >= 0.3 is 5.69 Å². The highest BCUT2D eigenvalue weighted by Gasteiger charge is 2.27. The Morgan fingerprint density at radius 2 is 1.83 bits per heavy atom. The molecule has 0 amide bonds. The lowest BCUT2D eigenvalue weighted by Crippen LogP contribution is -2.21. The number of nitrogens with one attached hydrogen (secondary N) is 2. The molecule has 3 rings (SSSR count). The number of rotatable bonds is 6. The first kappa shape index (κ1) is 16.0. The molecule has 1 aliphatic carbocycles. The fourth-order valence-electron chi connectivity index (χ4n) is 2.70. The first-order valence-electron chi connectivity index (χ1n) is 7.97. The van der Waals surface area contributed by atoms with Gasteiger partial charge in [0.1, 0.15) is 12.4 Å². The molecule has 8 nitrogen and oxygen atoms in total. The number of nitro groups is 1. The average molecular weight is 329 g/mol. The molecule has 126 valence electrons. The largest absolute Gasteiger partial charge is 0.469 e. The molecule has 0 bridgehead atoms. The van der Waals surface area contributed by atoms with Crippen LogP contribution in [0.2, 0.25) is 0 Å². The van der Waals surface area contributed by atoms with Crippen LogP contribution >= 0.6 is 0 Å². The van der Waals surface area contributed by atoms with E-state index in [1.54, 1.807) is 0 Å². The Labute approximate surface area is 139 Å². The molecule has 2 aromatic rings. The maximum absolute atomic E-state index is 11.5. The number of hydrogen-bond donors (Lipinski definition) is 2. The molecule has 0 spiro atoms. The van der Waals surface area contributed by atoms with Crippen LogP contribution in [0.4, 0.5) is 17.2 Å². The van der Waals surface area contributed by atoms with E-state index in [4.69, 9.17) is 4.74 Å². The second kappa shape index (κ2) is 7.58.